The second kappa shape index (κ2) is 10.6. The summed E-state index contributed by atoms with van der Waals surface area (Å²) >= 11 is 0. The summed E-state index contributed by atoms with van der Waals surface area (Å²) in [5, 5.41) is 0. The third-order valence-electron chi connectivity index (χ3n) is 6.50. The van der Waals surface area contributed by atoms with E-state index in [1.807, 2.05) is 22.1 Å². The van der Waals surface area contributed by atoms with Crippen molar-refractivity contribution < 1.29 is 14.3 Å². The highest BCUT2D eigenvalue weighted by atomic mass is 16.5. The topological polar surface area (TPSA) is 66.0 Å². The van der Waals surface area contributed by atoms with Gasteiger partial charge in [-0.2, -0.15) is 0 Å². The number of nitrogens with zero attached hydrogens (tertiary/aromatic N) is 4. The van der Waals surface area contributed by atoms with Gasteiger partial charge in [0.15, 0.2) is 0 Å². The van der Waals surface area contributed by atoms with Crippen molar-refractivity contribution in [3.05, 3.63) is 59.9 Å². The molecule has 0 bridgehead atoms. The van der Waals surface area contributed by atoms with Crippen LogP contribution in [0.25, 0.3) is 0 Å². The van der Waals surface area contributed by atoms with Gasteiger partial charge in [0.05, 0.1) is 7.11 Å². The van der Waals surface area contributed by atoms with E-state index in [2.05, 4.69) is 16.0 Å². The van der Waals surface area contributed by atoms with E-state index in [0.717, 1.165) is 57.7 Å². The number of aromatic nitrogens is 1. The highest BCUT2D eigenvalue weighted by molar-refractivity contribution is 5.94. The van der Waals surface area contributed by atoms with Crippen LogP contribution in [0.5, 0.6) is 5.75 Å². The average Bonchev–Trinajstić information content (AvgIpc) is 3.09. The van der Waals surface area contributed by atoms with Gasteiger partial charge >= 0.3 is 0 Å². The quantitative estimate of drug-likeness (QED) is 0.721. The van der Waals surface area contributed by atoms with Gasteiger partial charge in [0.1, 0.15) is 5.75 Å². The molecule has 2 aromatic rings. The van der Waals surface area contributed by atoms with Gasteiger partial charge in [0.2, 0.25) is 5.91 Å². The Morgan fingerprint density at radius 2 is 1.75 bits per heavy atom. The largest absolute Gasteiger partial charge is 0.497 e. The summed E-state index contributed by atoms with van der Waals surface area (Å²) in [6, 6.07) is 11.3. The Morgan fingerprint density at radius 3 is 2.44 bits per heavy atom. The average molecular weight is 437 g/mol. The number of hydrogen-bond acceptors (Lipinski definition) is 5. The highest BCUT2D eigenvalue weighted by Gasteiger charge is 2.31. The summed E-state index contributed by atoms with van der Waals surface area (Å²) in [5.74, 6) is 1.03. The number of amides is 2. The first-order chi connectivity index (χ1) is 15.6. The van der Waals surface area contributed by atoms with Crippen molar-refractivity contribution >= 4 is 11.8 Å². The molecule has 1 aromatic heterocycles. The molecule has 1 aromatic carbocycles. The molecule has 2 aliphatic rings. The van der Waals surface area contributed by atoms with E-state index in [-0.39, 0.29) is 17.7 Å². The summed E-state index contributed by atoms with van der Waals surface area (Å²) in [6.45, 7) is 5.59. The van der Waals surface area contributed by atoms with Crippen LogP contribution in [0.1, 0.15) is 35.2 Å². The Hall–Kier alpha value is -2.93. The Balaban J connectivity index is 1.26. The minimum Gasteiger partial charge on any atom is -0.497 e. The molecule has 2 amide bonds. The van der Waals surface area contributed by atoms with Crippen LogP contribution in [0.3, 0.4) is 0 Å². The molecule has 0 N–H and O–H groups in total. The van der Waals surface area contributed by atoms with Gasteiger partial charge in [0, 0.05) is 69.7 Å². The maximum absolute atomic E-state index is 13.2. The molecular weight excluding hydrogens is 404 g/mol. The Kier molecular flexibility index (Phi) is 7.37. The Bertz CT molecular complexity index is 895. The molecule has 3 heterocycles. The fourth-order valence-electron chi connectivity index (χ4n) is 4.60. The van der Waals surface area contributed by atoms with Crippen LogP contribution in [0.15, 0.2) is 48.8 Å². The van der Waals surface area contributed by atoms with Crippen molar-refractivity contribution in [2.75, 3.05) is 46.4 Å². The number of hydrogen-bond donors (Lipinski definition) is 0. The van der Waals surface area contributed by atoms with Crippen LogP contribution in [0.2, 0.25) is 0 Å². The minimum atomic E-state index is 0.0137. The molecule has 0 saturated carbocycles. The first-order valence-corrected chi connectivity index (χ1v) is 11.5. The third-order valence-corrected chi connectivity index (χ3v) is 6.50. The van der Waals surface area contributed by atoms with E-state index < -0.39 is 0 Å². The lowest BCUT2D eigenvalue weighted by atomic mass is 9.94. The molecule has 2 aliphatic heterocycles. The molecule has 0 radical (unpaired) electrons. The van der Waals surface area contributed by atoms with Crippen molar-refractivity contribution in [1.82, 2.24) is 19.7 Å². The molecule has 0 spiro atoms. The van der Waals surface area contributed by atoms with Gasteiger partial charge < -0.3 is 14.5 Å². The van der Waals surface area contributed by atoms with Crippen molar-refractivity contribution in [3.8, 4) is 5.75 Å². The number of carbonyl (C=O) groups is 2. The van der Waals surface area contributed by atoms with Crippen LogP contribution >= 0.6 is 0 Å². The van der Waals surface area contributed by atoms with Crippen molar-refractivity contribution in [2.45, 2.75) is 25.8 Å². The number of rotatable bonds is 5. The zero-order valence-electron chi connectivity index (χ0n) is 18.8. The summed E-state index contributed by atoms with van der Waals surface area (Å²) < 4.78 is 5.16. The second-order valence-corrected chi connectivity index (χ2v) is 8.61. The molecule has 32 heavy (non-hydrogen) atoms. The molecule has 7 nitrogen and oxygen atoms in total. The number of benzene rings is 1. The molecule has 2 saturated heterocycles. The molecular formula is C25H32N4O3. The van der Waals surface area contributed by atoms with Crippen LogP contribution in [-0.4, -0.2) is 77.9 Å². The number of methoxy groups -OCH3 is 1. The summed E-state index contributed by atoms with van der Waals surface area (Å²) in [5.41, 5.74) is 1.87. The molecule has 0 atom stereocenters. The lowest BCUT2D eigenvalue weighted by Gasteiger charge is -2.34. The van der Waals surface area contributed by atoms with Crippen molar-refractivity contribution in [1.29, 1.82) is 0 Å². The zero-order chi connectivity index (χ0) is 22.3. The van der Waals surface area contributed by atoms with E-state index in [9.17, 15) is 9.59 Å². The fraction of sp³-hybridized carbons (Fsp3) is 0.480. The predicted molar refractivity (Wildman–Crippen MR) is 122 cm³/mol. The molecule has 0 unspecified atom stereocenters. The first-order valence-electron chi connectivity index (χ1n) is 11.5. The third kappa shape index (κ3) is 5.46. The standard InChI is InChI=1S/C25H32N4O3/c1-32-23-7-5-21(6-8-23)24(30)29-14-9-22(10-15-29)25(31)28-13-3-12-27(16-17-28)19-20-4-2-11-26-18-20/h2,4-8,11,18,22H,3,9-10,12-17,19H2,1H3. The smallest absolute Gasteiger partial charge is 0.253 e. The monoisotopic (exact) mass is 436 g/mol. The SMILES string of the molecule is COc1ccc(C(=O)N2CCC(C(=O)N3CCCN(Cc4cccnc4)CC3)CC2)cc1. The maximum Gasteiger partial charge on any atom is 0.253 e. The van der Waals surface area contributed by atoms with Crippen LogP contribution < -0.4 is 4.74 Å². The summed E-state index contributed by atoms with van der Waals surface area (Å²) in [6.07, 6.45) is 6.16. The van der Waals surface area contributed by atoms with Gasteiger partial charge in [-0.05, 0) is 55.2 Å². The van der Waals surface area contributed by atoms with E-state index in [0.29, 0.717) is 18.7 Å². The number of carbonyl (C=O) groups excluding carboxylic acids is 2. The second-order valence-electron chi connectivity index (χ2n) is 8.61. The molecule has 7 heteroatoms. The fourth-order valence-corrected chi connectivity index (χ4v) is 4.60. The van der Waals surface area contributed by atoms with Crippen molar-refractivity contribution in [2.24, 2.45) is 5.92 Å². The number of piperidine rings is 1. The predicted octanol–water partition coefficient (Wildman–Crippen LogP) is 2.68. The minimum absolute atomic E-state index is 0.0137. The van der Waals surface area contributed by atoms with E-state index in [4.69, 9.17) is 4.74 Å². The first kappa shape index (κ1) is 22.3. The Labute approximate surface area is 190 Å². The molecule has 2 fully saturated rings. The van der Waals surface area contributed by atoms with Crippen LogP contribution in [0.4, 0.5) is 0 Å². The number of pyridine rings is 1. The van der Waals surface area contributed by atoms with Crippen LogP contribution in [-0.2, 0) is 11.3 Å². The number of likely N-dealkylation sites (tertiary alicyclic amines) is 1. The Morgan fingerprint density at radius 1 is 0.969 bits per heavy atom. The van der Waals surface area contributed by atoms with Gasteiger partial charge in [-0.1, -0.05) is 6.07 Å². The maximum atomic E-state index is 13.2. The molecule has 4 rings (SSSR count). The normalized spacial score (nSPS) is 18.3. The lowest BCUT2D eigenvalue weighted by Crippen LogP contribution is -2.45. The van der Waals surface area contributed by atoms with Gasteiger partial charge in [0.25, 0.3) is 5.91 Å². The zero-order valence-corrected chi connectivity index (χ0v) is 18.8. The van der Waals surface area contributed by atoms with Gasteiger partial charge in [-0.15, -0.1) is 0 Å². The number of ether oxygens (including phenoxy) is 1. The lowest BCUT2D eigenvalue weighted by molar-refractivity contribution is -0.136. The highest BCUT2D eigenvalue weighted by Crippen LogP contribution is 2.23. The summed E-state index contributed by atoms with van der Waals surface area (Å²) in [7, 11) is 1.61. The van der Waals surface area contributed by atoms with E-state index in [1.54, 1.807) is 37.6 Å². The van der Waals surface area contributed by atoms with Crippen LogP contribution in [0, 0.1) is 5.92 Å². The molecule has 0 aliphatic carbocycles. The van der Waals surface area contributed by atoms with Gasteiger partial charge in [-0.25, -0.2) is 0 Å². The van der Waals surface area contributed by atoms with Crippen molar-refractivity contribution in [3.63, 3.8) is 0 Å². The summed E-state index contributed by atoms with van der Waals surface area (Å²) in [4.78, 5) is 36.5. The van der Waals surface area contributed by atoms with Gasteiger partial charge in [-0.3, -0.25) is 19.5 Å². The van der Waals surface area contributed by atoms with E-state index in [1.165, 1.54) is 5.56 Å². The van der Waals surface area contributed by atoms with E-state index >= 15 is 0 Å². The molecule has 170 valence electrons.